The van der Waals surface area contributed by atoms with Crippen molar-refractivity contribution in [3.63, 3.8) is 0 Å². The van der Waals surface area contributed by atoms with E-state index in [1.807, 2.05) is 36.4 Å². The van der Waals surface area contributed by atoms with E-state index in [1.54, 1.807) is 12.1 Å². The van der Waals surface area contributed by atoms with E-state index in [2.05, 4.69) is 39.8 Å². The van der Waals surface area contributed by atoms with Crippen LogP contribution in [0, 0.1) is 0 Å². The van der Waals surface area contributed by atoms with Crippen LogP contribution in [0.2, 0.25) is 0 Å². The van der Waals surface area contributed by atoms with Gasteiger partial charge in [0, 0.05) is 0 Å². The van der Waals surface area contributed by atoms with E-state index < -0.39 is 20.2 Å². The molecular weight excluding hydrogens is 1400 g/mol. The molecule has 0 fully saturated rings. The number of benzene rings is 4. The quantitative estimate of drug-likeness (QED) is 0.0247. The molecule has 101 heavy (non-hydrogen) atoms. The minimum Gasteiger partial charge on any atom is -0.744 e. The van der Waals surface area contributed by atoms with Gasteiger partial charge in [-0.2, -0.15) is 0 Å². The molecule has 4 aromatic rings. The zero-order valence-electron chi connectivity index (χ0n) is 66.8. The van der Waals surface area contributed by atoms with Gasteiger partial charge >= 0.3 is 48.9 Å². The molecule has 0 heterocycles. The van der Waals surface area contributed by atoms with Crippen LogP contribution >= 0.6 is 0 Å². The average Bonchev–Trinajstić information content (AvgIpc) is 0.778. The predicted molar refractivity (Wildman–Crippen MR) is 443 cm³/mol. The van der Waals surface area contributed by atoms with Crippen LogP contribution in [0.5, 0.6) is 0 Å². The summed E-state index contributed by atoms with van der Waals surface area (Å²) >= 11 is 0. The molecule has 6 nitrogen and oxygen atoms in total. The summed E-state index contributed by atoms with van der Waals surface area (Å²) in [6, 6.07) is 19.8. The molecule has 0 N–H and O–H groups in total. The molecule has 0 atom stereocenters. The Hall–Kier alpha value is -1.21. The topological polar surface area (TPSA) is 114 Å². The molecule has 9 heteroatoms. The summed E-state index contributed by atoms with van der Waals surface area (Å²) < 4.78 is 74.9. The third-order valence-electron chi connectivity index (χ3n) is 22.1. The first kappa shape index (κ1) is 95.9. The van der Waals surface area contributed by atoms with Crippen LogP contribution in [0.25, 0.3) is 21.5 Å². The Balaban J connectivity index is 0.000000680. The van der Waals surface area contributed by atoms with Crippen LogP contribution in [0.1, 0.15) is 461 Å². The van der Waals surface area contributed by atoms with Crippen LogP contribution in [0.3, 0.4) is 0 Å². The van der Waals surface area contributed by atoms with Gasteiger partial charge in [-0.3, -0.25) is 0 Å². The van der Waals surface area contributed by atoms with Gasteiger partial charge in [0.1, 0.15) is 20.2 Å². The summed E-state index contributed by atoms with van der Waals surface area (Å²) in [5.74, 6) is 0. The van der Waals surface area contributed by atoms with Crippen molar-refractivity contribution in [2.75, 3.05) is 0 Å². The molecule has 0 bridgehead atoms. The van der Waals surface area contributed by atoms with E-state index in [-0.39, 0.29) is 58.7 Å². The maximum atomic E-state index is 12.5. The van der Waals surface area contributed by atoms with Crippen molar-refractivity contribution in [3.05, 3.63) is 82.9 Å². The largest absolute Gasteiger partial charge is 2.00 e. The summed E-state index contributed by atoms with van der Waals surface area (Å²) in [5, 5.41) is 4.20. The first-order chi connectivity index (χ1) is 49.0. The van der Waals surface area contributed by atoms with Crippen LogP contribution < -0.4 is 0 Å². The molecule has 0 saturated heterocycles. The van der Waals surface area contributed by atoms with Gasteiger partial charge in [-0.1, -0.05) is 461 Å². The van der Waals surface area contributed by atoms with Gasteiger partial charge in [0.15, 0.2) is 0 Å². The SMILES string of the molecule is CCCCCCCCCCCCCCCCCCc1cc(S(=O)(=O)[O-])c(CCCCCCCCCCCCCCCCCC)c2ccccc12.CCCCCCCCCCCCCCCCCCc1cc(S(=O)(=O)[O-])c(CCCCCCCCCCCCCCCCCC)c2ccccc12.[Ba+2]. The summed E-state index contributed by atoms with van der Waals surface area (Å²) in [5.41, 5.74) is 3.54. The Morgan fingerprint density at radius 2 is 0.366 bits per heavy atom. The fraction of sp³-hybridized carbons (Fsp3) is 0.783. The van der Waals surface area contributed by atoms with Crippen molar-refractivity contribution < 1.29 is 25.9 Å². The van der Waals surface area contributed by atoms with Crippen molar-refractivity contribution in [3.8, 4) is 0 Å². The van der Waals surface area contributed by atoms with Crippen molar-refractivity contribution in [1.82, 2.24) is 0 Å². The molecule has 0 aromatic heterocycles. The fourth-order valence-electron chi connectivity index (χ4n) is 15.8. The summed E-state index contributed by atoms with van der Waals surface area (Å²) in [6.07, 6.45) is 87.9. The standard InChI is InChI=1S/2C46H80O3S.Ba/c2*1-3-5-7-9-11-13-15-17-19-21-23-25-27-29-31-33-37-42-41-46(50(47,48)49)45(44-39-36-35-38-43(42)44)40-34-32-30-28-26-24-22-20-18-16-14-12-10-8-6-4-2;/h2*35-36,38-39,41H,3-34,37,40H2,1-2H3,(H,47,48,49);/q;;+2/p-2. The number of hydrogen-bond acceptors (Lipinski definition) is 6. The monoisotopic (exact) mass is 1560 g/mol. The van der Waals surface area contributed by atoms with Crippen LogP contribution in [-0.4, -0.2) is 74.8 Å². The van der Waals surface area contributed by atoms with Gasteiger partial charge < -0.3 is 9.11 Å². The molecule has 0 amide bonds. The summed E-state index contributed by atoms with van der Waals surface area (Å²) in [6.45, 7) is 9.13. The predicted octanol–water partition coefficient (Wildman–Crippen LogP) is 30.3. The second kappa shape index (κ2) is 67.0. The molecule has 4 aromatic carbocycles. The fourth-order valence-corrected chi connectivity index (χ4v) is 17.4. The molecule has 0 unspecified atom stereocenters. The molecule has 0 saturated carbocycles. The number of rotatable bonds is 70. The van der Waals surface area contributed by atoms with Crippen LogP contribution in [0.4, 0.5) is 0 Å². The molecule has 0 radical (unpaired) electrons. The Morgan fingerprint density at radius 3 is 0.535 bits per heavy atom. The Kier molecular flexibility index (Phi) is 63.5. The van der Waals surface area contributed by atoms with Crippen LogP contribution in [-0.2, 0) is 45.9 Å². The van der Waals surface area contributed by atoms with Gasteiger partial charge in [-0.05, 0) is 107 Å². The number of hydrogen-bond donors (Lipinski definition) is 0. The maximum absolute atomic E-state index is 12.5. The summed E-state index contributed by atoms with van der Waals surface area (Å²) in [7, 11) is -9.06. The molecule has 0 aliphatic rings. The minimum atomic E-state index is -4.53. The Bertz CT molecular complexity index is 2570. The molecule has 4 rings (SSSR count). The minimum absolute atomic E-state index is 0. The van der Waals surface area contributed by atoms with E-state index in [9.17, 15) is 25.9 Å². The number of unbranched alkanes of at least 4 members (excludes halogenated alkanes) is 60. The Labute approximate surface area is 667 Å². The van der Waals surface area contributed by atoms with E-state index in [4.69, 9.17) is 0 Å². The normalized spacial score (nSPS) is 11.9. The van der Waals surface area contributed by atoms with Crippen molar-refractivity contribution in [1.29, 1.82) is 0 Å². The van der Waals surface area contributed by atoms with Crippen molar-refractivity contribution >= 4 is 90.7 Å². The zero-order chi connectivity index (χ0) is 71.9. The van der Waals surface area contributed by atoms with Gasteiger partial charge in [0.25, 0.3) is 0 Å². The van der Waals surface area contributed by atoms with E-state index in [0.717, 1.165) is 108 Å². The zero-order valence-corrected chi connectivity index (χ0v) is 72.9. The summed E-state index contributed by atoms with van der Waals surface area (Å²) in [4.78, 5) is 0.0623. The number of aryl methyl sites for hydroxylation is 4. The molecule has 576 valence electrons. The van der Waals surface area contributed by atoms with E-state index >= 15 is 0 Å². The molecule has 0 aliphatic carbocycles. The van der Waals surface area contributed by atoms with Gasteiger partial charge in [0.05, 0.1) is 9.79 Å². The third kappa shape index (κ3) is 49.5. The van der Waals surface area contributed by atoms with Crippen molar-refractivity contribution in [2.24, 2.45) is 0 Å². The van der Waals surface area contributed by atoms with Crippen LogP contribution in [0.15, 0.2) is 70.5 Å². The Morgan fingerprint density at radius 1 is 0.218 bits per heavy atom. The van der Waals surface area contributed by atoms with Gasteiger partial charge in [-0.25, -0.2) is 16.8 Å². The second-order valence-electron chi connectivity index (χ2n) is 31.2. The van der Waals surface area contributed by atoms with Gasteiger partial charge in [0.2, 0.25) is 0 Å². The molecular formula is C92H158BaO6S2. The van der Waals surface area contributed by atoms with E-state index in [0.29, 0.717) is 12.8 Å². The first-order valence-corrected chi connectivity index (χ1v) is 46.8. The van der Waals surface area contributed by atoms with Crippen molar-refractivity contribution in [2.45, 2.75) is 474 Å². The number of fused-ring (bicyclic) bond motifs is 2. The second-order valence-corrected chi connectivity index (χ2v) is 33.9. The van der Waals surface area contributed by atoms with E-state index in [1.165, 1.54) is 360 Å². The van der Waals surface area contributed by atoms with Gasteiger partial charge in [-0.15, -0.1) is 0 Å². The maximum Gasteiger partial charge on any atom is 2.00 e. The third-order valence-corrected chi connectivity index (χ3v) is 23.9. The average molecular weight is 1560 g/mol. The first-order valence-electron chi connectivity index (χ1n) is 44.0. The molecule has 0 spiro atoms. The smallest absolute Gasteiger partial charge is 0.744 e. The molecule has 0 aliphatic heterocycles.